The smallest absolute Gasteiger partial charge is 0.136 e. The van der Waals surface area contributed by atoms with Crippen LogP contribution in [-0.4, -0.2) is 5.78 Å². The zero-order valence-corrected chi connectivity index (χ0v) is 14.7. The quantitative estimate of drug-likeness (QED) is 0.370. The molecule has 0 heterocycles. The van der Waals surface area contributed by atoms with Crippen LogP contribution in [0.5, 0.6) is 0 Å². The van der Waals surface area contributed by atoms with Gasteiger partial charge in [0.05, 0.1) is 0 Å². The minimum atomic E-state index is 0.283. The molecular weight excluding hydrogens is 316 g/mol. The van der Waals surface area contributed by atoms with E-state index in [2.05, 4.69) is 60.7 Å². The standard InChI is InChI=1S/C25H20O/c26-23-14-18-7-9-20(23)13-21(18)12-19-8-6-17-5-4-15-2-1-3-16-10-11-22(19)25(17)24(15)16/h1-6,8,10-12,18,20H,7,9,13-14H2/b21-12+/t18-,20-/m1/s1. The second-order valence-electron chi connectivity index (χ2n) is 8.08. The number of allylic oxidation sites excluding steroid dienone is 1. The second kappa shape index (κ2) is 5.17. The molecule has 0 N–H and O–H groups in total. The summed E-state index contributed by atoms with van der Waals surface area (Å²) < 4.78 is 0. The van der Waals surface area contributed by atoms with Crippen LogP contribution in [0.2, 0.25) is 0 Å². The minimum Gasteiger partial charge on any atom is -0.299 e. The Hall–Kier alpha value is -2.67. The summed E-state index contributed by atoms with van der Waals surface area (Å²) in [6.45, 7) is 0. The molecule has 2 atom stereocenters. The highest BCUT2D eigenvalue weighted by Gasteiger charge is 2.37. The maximum atomic E-state index is 12.1. The van der Waals surface area contributed by atoms with E-state index in [9.17, 15) is 4.79 Å². The first-order valence-corrected chi connectivity index (χ1v) is 9.67. The second-order valence-corrected chi connectivity index (χ2v) is 8.08. The summed E-state index contributed by atoms with van der Waals surface area (Å²) in [7, 11) is 0. The minimum absolute atomic E-state index is 0.283. The van der Waals surface area contributed by atoms with Gasteiger partial charge in [-0.25, -0.2) is 0 Å². The Labute approximate surface area is 152 Å². The average Bonchev–Trinajstić information content (AvgIpc) is 2.68. The number of rotatable bonds is 1. The van der Waals surface area contributed by atoms with Gasteiger partial charge in [-0.05, 0) is 63.1 Å². The average molecular weight is 336 g/mol. The van der Waals surface area contributed by atoms with Gasteiger partial charge in [0.15, 0.2) is 0 Å². The van der Waals surface area contributed by atoms with Crippen LogP contribution in [0.25, 0.3) is 38.4 Å². The van der Waals surface area contributed by atoms with E-state index in [4.69, 9.17) is 0 Å². The lowest BCUT2D eigenvalue weighted by Crippen LogP contribution is -2.32. The highest BCUT2D eigenvalue weighted by molar-refractivity contribution is 6.24. The van der Waals surface area contributed by atoms with E-state index in [1.54, 1.807) is 0 Å². The van der Waals surface area contributed by atoms with E-state index in [1.165, 1.54) is 49.9 Å². The Balaban J connectivity index is 1.60. The Bertz CT molecular complexity index is 1200. The molecule has 3 saturated carbocycles. The van der Waals surface area contributed by atoms with Crippen molar-refractivity contribution in [1.29, 1.82) is 0 Å². The van der Waals surface area contributed by atoms with Gasteiger partial charge < -0.3 is 0 Å². The molecule has 0 aromatic heterocycles. The lowest BCUT2D eigenvalue weighted by Gasteiger charge is -2.37. The third kappa shape index (κ3) is 1.94. The van der Waals surface area contributed by atoms with Crippen LogP contribution in [0.1, 0.15) is 31.2 Å². The summed E-state index contributed by atoms with van der Waals surface area (Å²) in [6, 6.07) is 20.1. The SMILES string of the molecule is O=C1C[C@H]2CC[C@@H]1C/C2=C\c1ccc2ccc3cccc4ccc1c2c34. The third-order valence-corrected chi connectivity index (χ3v) is 6.68. The van der Waals surface area contributed by atoms with Crippen molar-refractivity contribution in [1.82, 2.24) is 0 Å². The molecule has 7 rings (SSSR count). The van der Waals surface area contributed by atoms with Gasteiger partial charge in [0.2, 0.25) is 0 Å². The van der Waals surface area contributed by atoms with Crippen LogP contribution in [0.3, 0.4) is 0 Å². The van der Waals surface area contributed by atoms with Gasteiger partial charge in [-0.15, -0.1) is 0 Å². The Morgan fingerprint density at radius 2 is 1.42 bits per heavy atom. The summed E-state index contributed by atoms with van der Waals surface area (Å²) in [5, 5.41) is 8.04. The first-order chi connectivity index (χ1) is 12.8. The van der Waals surface area contributed by atoms with Crippen LogP contribution < -0.4 is 0 Å². The van der Waals surface area contributed by atoms with E-state index in [-0.39, 0.29) is 5.92 Å². The van der Waals surface area contributed by atoms with Gasteiger partial charge in [-0.2, -0.15) is 0 Å². The molecular formula is C25H20O. The zero-order valence-electron chi connectivity index (χ0n) is 14.7. The molecule has 3 aliphatic carbocycles. The number of carbonyl (C=O) groups is 1. The molecule has 2 bridgehead atoms. The van der Waals surface area contributed by atoms with E-state index < -0.39 is 0 Å². The van der Waals surface area contributed by atoms with Gasteiger partial charge >= 0.3 is 0 Å². The van der Waals surface area contributed by atoms with Crippen molar-refractivity contribution in [2.24, 2.45) is 11.8 Å². The van der Waals surface area contributed by atoms with Crippen molar-refractivity contribution in [2.75, 3.05) is 0 Å². The molecule has 0 radical (unpaired) electrons. The molecule has 1 heteroatoms. The topological polar surface area (TPSA) is 17.1 Å². The number of fused-ring (bicyclic) bond motifs is 3. The summed E-state index contributed by atoms with van der Waals surface area (Å²) in [5.74, 6) is 1.26. The third-order valence-electron chi connectivity index (χ3n) is 6.68. The largest absolute Gasteiger partial charge is 0.299 e. The molecule has 4 aromatic carbocycles. The summed E-state index contributed by atoms with van der Waals surface area (Å²) in [5.41, 5.74) is 2.81. The van der Waals surface area contributed by atoms with Crippen molar-refractivity contribution < 1.29 is 4.79 Å². The van der Waals surface area contributed by atoms with Crippen molar-refractivity contribution in [3.8, 4) is 0 Å². The number of hydrogen-bond donors (Lipinski definition) is 0. The molecule has 26 heavy (non-hydrogen) atoms. The Morgan fingerprint density at radius 3 is 2.15 bits per heavy atom. The van der Waals surface area contributed by atoms with Crippen molar-refractivity contribution in [3.05, 3.63) is 65.7 Å². The molecule has 3 fully saturated rings. The van der Waals surface area contributed by atoms with Crippen molar-refractivity contribution in [2.45, 2.75) is 25.7 Å². The number of hydrogen-bond acceptors (Lipinski definition) is 1. The normalized spacial score (nSPS) is 24.5. The summed E-state index contributed by atoms with van der Waals surface area (Å²) in [6.07, 6.45) is 6.43. The van der Waals surface area contributed by atoms with Gasteiger partial charge in [0, 0.05) is 12.3 Å². The molecule has 0 saturated heterocycles. The monoisotopic (exact) mass is 336 g/mol. The maximum Gasteiger partial charge on any atom is 0.136 e. The predicted molar refractivity (Wildman–Crippen MR) is 109 cm³/mol. The predicted octanol–water partition coefficient (Wildman–Crippen LogP) is 6.36. The fraction of sp³-hybridized carbons (Fsp3) is 0.240. The van der Waals surface area contributed by atoms with Crippen molar-refractivity contribution in [3.63, 3.8) is 0 Å². The Kier molecular flexibility index (Phi) is 2.88. The maximum absolute atomic E-state index is 12.1. The summed E-state index contributed by atoms with van der Waals surface area (Å²) >= 11 is 0. The molecule has 0 amide bonds. The molecule has 0 unspecified atom stereocenters. The first kappa shape index (κ1) is 14.5. The van der Waals surface area contributed by atoms with Crippen LogP contribution in [-0.2, 0) is 4.79 Å². The molecule has 3 aliphatic rings. The summed E-state index contributed by atoms with van der Waals surface area (Å²) in [4.78, 5) is 12.1. The zero-order chi connectivity index (χ0) is 17.3. The van der Waals surface area contributed by atoms with Gasteiger partial charge in [-0.1, -0.05) is 66.2 Å². The number of carbonyl (C=O) groups excluding carboxylic acids is 1. The van der Waals surface area contributed by atoms with Crippen LogP contribution >= 0.6 is 0 Å². The lowest BCUT2D eigenvalue weighted by molar-refractivity contribution is -0.127. The molecule has 1 nitrogen and oxygen atoms in total. The highest BCUT2D eigenvalue weighted by Crippen LogP contribution is 2.44. The number of Topliss-reactive ketones (excluding diaryl/α,β-unsaturated/α-hetero) is 1. The fourth-order valence-electron chi connectivity index (χ4n) is 5.32. The van der Waals surface area contributed by atoms with Crippen LogP contribution in [0, 0.1) is 11.8 Å². The highest BCUT2D eigenvalue weighted by atomic mass is 16.1. The lowest BCUT2D eigenvalue weighted by atomic mass is 9.67. The molecule has 0 aliphatic heterocycles. The van der Waals surface area contributed by atoms with Crippen LogP contribution in [0.4, 0.5) is 0 Å². The molecule has 4 aromatic rings. The van der Waals surface area contributed by atoms with Gasteiger partial charge in [0.1, 0.15) is 5.78 Å². The van der Waals surface area contributed by atoms with E-state index in [0.717, 1.165) is 19.3 Å². The number of benzene rings is 4. The van der Waals surface area contributed by atoms with E-state index in [0.29, 0.717) is 11.7 Å². The fourth-order valence-corrected chi connectivity index (χ4v) is 5.32. The van der Waals surface area contributed by atoms with Gasteiger partial charge in [-0.3, -0.25) is 4.79 Å². The van der Waals surface area contributed by atoms with Gasteiger partial charge in [0.25, 0.3) is 0 Å². The molecule has 126 valence electrons. The van der Waals surface area contributed by atoms with E-state index >= 15 is 0 Å². The first-order valence-electron chi connectivity index (χ1n) is 9.67. The van der Waals surface area contributed by atoms with E-state index in [1.807, 2.05) is 0 Å². The number of ketones is 1. The molecule has 0 spiro atoms. The van der Waals surface area contributed by atoms with Crippen molar-refractivity contribution >= 4 is 44.2 Å². The Morgan fingerprint density at radius 1 is 0.731 bits per heavy atom. The van der Waals surface area contributed by atoms with Crippen LogP contribution in [0.15, 0.2) is 60.2 Å².